The first-order chi connectivity index (χ1) is 14.0. The van der Waals surface area contributed by atoms with Crippen LogP contribution in [0.5, 0.6) is 0 Å². The normalized spacial score (nSPS) is 20.5. The lowest BCUT2D eigenvalue weighted by Crippen LogP contribution is -2.40. The van der Waals surface area contributed by atoms with Crippen LogP contribution in [0.3, 0.4) is 0 Å². The van der Waals surface area contributed by atoms with Crippen molar-refractivity contribution >= 4 is 17.5 Å². The Morgan fingerprint density at radius 2 is 1.62 bits per heavy atom. The molecule has 1 fully saturated rings. The molecule has 2 aliphatic rings. The van der Waals surface area contributed by atoms with Gasteiger partial charge in [-0.2, -0.15) is 0 Å². The van der Waals surface area contributed by atoms with E-state index in [1.807, 2.05) is 41.8 Å². The first kappa shape index (κ1) is 17.7. The number of imidazole rings is 2. The van der Waals surface area contributed by atoms with Gasteiger partial charge in [-0.05, 0) is 31.9 Å². The van der Waals surface area contributed by atoms with Gasteiger partial charge < -0.3 is 19.8 Å². The average Bonchev–Trinajstić information content (AvgIpc) is 3.49. The van der Waals surface area contributed by atoms with Crippen LogP contribution in [0.1, 0.15) is 44.6 Å². The zero-order chi connectivity index (χ0) is 20.2. The van der Waals surface area contributed by atoms with Gasteiger partial charge in [-0.3, -0.25) is 9.59 Å². The van der Waals surface area contributed by atoms with E-state index in [1.54, 1.807) is 12.4 Å². The molecule has 8 nitrogen and oxygen atoms in total. The monoisotopic (exact) mass is 390 g/mol. The summed E-state index contributed by atoms with van der Waals surface area (Å²) in [6.07, 6.45) is 3.98. The van der Waals surface area contributed by atoms with Crippen LogP contribution in [0, 0.1) is 13.8 Å². The molecule has 2 amide bonds. The molecule has 0 saturated carbocycles. The lowest BCUT2D eigenvalue weighted by atomic mass is 9.81. The molecule has 2 aromatic heterocycles. The molecule has 29 heavy (non-hydrogen) atoms. The second-order valence-corrected chi connectivity index (χ2v) is 7.93. The predicted octanol–water partition coefficient (Wildman–Crippen LogP) is 2.19. The van der Waals surface area contributed by atoms with E-state index in [0.29, 0.717) is 36.8 Å². The molecular formula is C21H22N6O2. The average molecular weight is 390 g/mol. The number of carbonyl (C=O) groups is 2. The molecule has 1 saturated heterocycles. The van der Waals surface area contributed by atoms with Crippen LogP contribution in [0.15, 0.2) is 36.7 Å². The van der Waals surface area contributed by atoms with E-state index in [1.165, 1.54) is 0 Å². The lowest BCUT2D eigenvalue weighted by molar-refractivity contribution is 0.0779. The van der Waals surface area contributed by atoms with E-state index in [4.69, 9.17) is 0 Å². The number of anilines is 1. The third kappa shape index (κ3) is 2.74. The number of aryl methyl sites for hydroxylation is 2. The van der Waals surface area contributed by atoms with Crippen molar-refractivity contribution in [3.8, 4) is 0 Å². The number of aromatic nitrogens is 4. The summed E-state index contributed by atoms with van der Waals surface area (Å²) < 4.78 is 0. The van der Waals surface area contributed by atoms with Gasteiger partial charge in [-0.15, -0.1) is 0 Å². The van der Waals surface area contributed by atoms with E-state index in [0.717, 1.165) is 23.5 Å². The Morgan fingerprint density at radius 1 is 0.966 bits per heavy atom. The fourth-order valence-electron chi connectivity index (χ4n) is 4.58. The third-order valence-electron chi connectivity index (χ3n) is 5.98. The highest BCUT2D eigenvalue weighted by Gasteiger charge is 2.50. The standard InChI is InChI=1S/C21H22N6O2/c1-13-22-9-16(24-13)19(28)26-8-7-21(11-26)12-27(18-6-4-3-5-15(18)21)20(29)17-10-23-14(2)25-17/h3-6,9-10H,7-8,11-12H2,1-2H3,(H,22,24)(H,23,25). The number of fused-ring (bicyclic) bond motifs is 2. The van der Waals surface area contributed by atoms with E-state index in [2.05, 4.69) is 26.0 Å². The molecule has 1 unspecified atom stereocenters. The van der Waals surface area contributed by atoms with Gasteiger partial charge in [0.2, 0.25) is 0 Å². The van der Waals surface area contributed by atoms with E-state index in [-0.39, 0.29) is 17.2 Å². The fraction of sp³-hybridized carbons (Fsp3) is 0.333. The number of likely N-dealkylation sites (tertiary alicyclic amines) is 1. The highest BCUT2D eigenvalue weighted by atomic mass is 16.2. The van der Waals surface area contributed by atoms with Crippen molar-refractivity contribution in [2.24, 2.45) is 0 Å². The molecule has 0 aliphatic carbocycles. The van der Waals surface area contributed by atoms with Crippen LogP contribution >= 0.6 is 0 Å². The van der Waals surface area contributed by atoms with E-state index < -0.39 is 0 Å². The Labute approximate surface area is 168 Å². The largest absolute Gasteiger partial charge is 0.338 e. The molecule has 0 bridgehead atoms. The number of para-hydroxylation sites is 1. The summed E-state index contributed by atoms with van der Waals surface area (Å²) in [6.45, 7) is 5.43. The molecule has 1 aromatic carbocycles. The molecule has 8 heteroatoms. The van der Waals surface area contributed by atoms with Crippen molar-refractivity contribution in [2.75, 3.05) is 24.5 Å². The number of rotatable bonds is 2. The third-order valence-corrected chi connectivity index (χ3v) is 5.98. The maximum Gasteiger partial charge on any atom is 0.276 e. The molecule has 2 aliphatic heterocycles. The summed E-state index contributed by atoms with van der Waals surface area (Å²) >= 11 is 0. The lowest BCUT2D eigenvalue weighted by Gasteiger charge is -2.25. The van der Waals surface area contributed by atoms with E-state index in [9.17, 15) is 9.59 Å². The number of hydrogen-bond acceptors (Lipinski definition) is 4. The van der Waals surface area contributed by atoms with Crippen molar-refractivity contribution in [1.82, 2.24) is 24.8 Å². The fourth-order valence-corrected chi connectivity index (χ4v) is 4.58. The molecule has 3 aromatic rings. The van der Waals surface area contributed by atoms with Gasteiger partial charge in [0.15, 0.2) is 0 Å². The number of nitrogens with one attached hydrogen (secondary N) is 2. The second kappa shape index (κ2) is 6.30. The number of hydrogen-bond donors (Lipinski definition) is 2. The Morgan fingerprint density at radius 3 is 2.28 bits per heavy atom. The number of nitrogens with zero attached hydrogens (tertiary/aromatic N) is 4. The Hall–Kier alpha value is -3.42. The minimum Gasteiger partial charge on any atom is -0.338 e. The first-order valence-electron chi connectivity index (χ1n) is 9.71. The molecule has 1 atom stereocenters. The second-order valence-electron chi connectivity index (χ2n) is 7.93. The van der Waals surface area contributed by atoms with Crippen molar-refractivity contribution < 1.29 is 9.59 Å². The van der Waals surface area contributed by atoms with Crippen LogP contribution in [0.2, 0.25) is 0 Å². The highest BCUT2D eigenvalue weighted by molar-refractivity contribution is 6.06. The number of H-pyrrole nitrogens is 2. The van der Waals surface area contributed by atoms with Gasteiger partial charge in [0.25, 0.3) is 11.8 Å². The summed E-state index contributed by atoms with van der Waals surface area (Å²) in [5.41, 5.74) is 2.77. The maximum atomic E-state index is 13.2. The van der Waals surface area contributed by atoms with Crippen LogP contribution in [-0.4, -0.2) is 56.3 Å². The van der Waals surface area contributed by atoms with Gasteiger partial charge in [-0.25, -0.2) is 9.97 Å². The quantitative estimate of drug-likeness (QED) is 0.701. The highest BCUT2D eigenvalue weighted by Crippen LogP contribution is 2.46. The summed E-state index contributed by atoms with van der Waals surface area (Å²) in [6, 6.07) is 8.00. The zero-order valence-corrected chi connectivity index (χ0v) is 16.4. The Balaban J connectivity index is 1.45. The summed E-state index contributed by atoms with van der Waals surface area (Å²) in [5, 5.41) is 0. The van der Waals surface area contributed by atoms with Gasteiger partial charge in [0.05, 0.1) is 12.4 Å². The maximum absolute atomic E-state index is 13.2. The topological polar surface area (TPSA) is 98.0 Å². The van der Waals surface area contributed by atoms with Crippen LogP contribution < -0.4 is 4.90 Å². The van der Waals surface area contributed by atoms with Gasteiger partial charge in [-0.1, -0.05) is 18.2 Å². The Bertz CT molecular complexity index is 1120. The number of benzene rings is 1. The Kier molecular flexibility index (Phi) is 3.84. The minimum atomic E-state index is -0.258. The van der Waals surface area contributed by atoms with Crippen molar-refractivity contribution in [3.63, 3.8) is 0 Å². The molecule has 148 valence electrons. The zero-order valence-electron chi connectivity index (χ0n) is 16.4. The van der Waals surface area contributed by atoms with Crippen molar-refractivity contribution in [2.45, 2.75) is 25.7 Å². The van der Waals surface area contributed by atoms with Gasteiger partial charge >= 0.3 is 0 Å². The molecule has 4 heterocycles. The van der Waals surface area contributed by atoms with Gasteiger partial charge in [0, 0.05) is 30.7 Å². The summed E-state index contributed by atoms with van der Waals surface area (Å²) in [7, 11) is 0. The van der Waals surface area contributed by atoms with Crippen molar-refractivity contribution in [3.05, 3.63) is 65.3 Å². The minimum absolute atomic E-state index is 0.0473. The van der Waals surface area contributed by atoms with Crippen LogP contribution in [-0.2, 0) is 5.41 Å². The van der Waals surface area contributed by atoms with Crippen molar-refractivity contribution in [1.29, 1.82) is 0 Å². The van der Waals surface area contributed by atoms with Crippen LogP contribution in [0.4, 0.5) is 5.69 Å². The predicted molar refractivity (Wildman–Crippen MR) is 107 cm³/mol. The molecule has 1 spiro atoms. The number of aromatic amines is 2. The molecule has 0 radical (unpaired) electrons. The molecule has 5 rings (SSSR count). The number of carbonyl (C=O) groups excluding carboxylic acids is 2. The summed E-state index contributed by atoms with van der Waals surface area (Å²) in [4.78, 5) is 44.1. The summed E-state index contributed by atoms with van der Waals surface area (Å²) in [5.74, 6) is 1.29. The van der Waals surface area contributed by atoms with Gasteiger partial charge in [0.1, 0.15) is 23.0 Å². The molecular weight excluding hydrogens is 368 g/mol. The first-order valence-corrected chi connectivity index (χ1v) is 9.71. The van der Waals surface area contributed by atoms with E-state index >= 15 is 0 Å². The number of amides is 2. The molecule has 2 N–H and O–H groups in total. The van der Waals surface area contributed by atoms with Crippen LogP contribution in [0.25, 0.3) is 0 Å². The SMILES string of the molecule is Cc1ncc(C(=O)N2CCC3(C2)CN(C(=O)c2cnc(C)[nH]2)c2ccccc23)[nH]1. The smallest absolute Gasteiger partial charge is 0.276 e.